The Morgan fingerprint density at radius 3 is 2.61 bits per heavy atom. The van der Waals surface area contributed by atoms with E-state index >= 15 is 0 Å². The summed E-state index contributed by atoms with van der Waals surface area (Å²) in [6.07, 6.45) is 0. The highest BCUT2D eigenvalue weighted by atomic mass is 35.5. The van der Waals surface area contributed by atoms with Gasteiger partial charge in [0.05, 0.1) is 22.6 Å². The number of anilines is 1. The highest BCUT2D eigenvalue weighted by Gasteiger charge is 2.22. The van der Waals surface area contributed by atoms with E-state index in [1.165, 1.54) is 0 Å². The minimum Gasteiger partial charge on any atom is -0.368 e. The average molecular weight is 398 g/mol. The van der Waals surface area contributed by atoms with Crippen LogP contribution >= 0.6 is 11.6 Å². The third-order valence-corrected chi connectivity index (χ3v) is 5.37. The molecule has 1 aromatic heterocycles. The van der Waals surface area contributed by atoms with Gasteiger partial charge in [-0.05, 0) is 44.4 Å². The minimum absolute atomic E-state index is 0.184. The van der Waals surface area contributed by atoms with Gasteiger partial charge in [-0.15, -0.1) is 0 Å². The lowest BCUT2D eigenvalue weighted by molar-refractivity contribution is -0.132. The first kappa shape index (κ1) is 18.8. The summed E-state index contributed by atoms with van der Waals surface area (Å²) in [7, 11) is 3.84. The number of benzene rings is 2. The van der Waals surface area contributed by atoms with Crippen molar-refractivity contribution in [3.63, 3.8) is 0 Å². The Balaban J connectivity index is 1.52. The number of nitrogens with zero attached hydrogens (tertiary/aromatic N) is 4. The molecule has 0 bridgehead atoms. The number of halogens is 1. The van der Waals surface area contributed by atoms with Crippen molar-refractivity contribution in [2.75, 3.05) is 51.7 Å². The molecule has 1 aliphatic rings. The van der Waals surface area contributed by atoms with Gasteiger partial charge in [-0.1, -0.05) is 23.7 Å². The van der Waals surface area contributed by atoms with Gasteiger partial charge < -0.3 is 19.7 Å². The molecule has 3 aromatic rings. The summed E-state index contributed by atoms with van der Waals surface area (Å²) < 4.78 is 0. The number of fused-ring (bicyclic) bond motifs is 1. The van der Waals surface area contributed by atoms with Crippen LogP contribution in [-0.2, 0) is 4.79 Å². The van der Waals surface area contributed by atoms with E-state index in [2.05, 4.69) is 20.9 Å². The van der Waals surface area contributed by atoms with Crippen LogP contribution in [-0.4, -0.2) is 72.5 Å². The van der Waals surface area contributed by atoms with Crippen molar-refractivity contribution in [3.05, 3.63) is 47.5 Å². The zero-order valence-electron chi connectivity index (χ0n) is 16.2. The summed E-state index contributed by atoms with van der Waals surface area (Å²) >= 11 is 6.47. The molecule has 0 atom stereocenters. The topological polar surface area (TPSA) is 55.5 Å². The highest BCUT2D eigenvalue weighted by molar-refractivity contribution is 6.33. The quantitative estimate of drug-likeness (QED) is 0.735. The van der Waals surface area contributed by atoms with Gasteiger partial charge in [0.25, 0.3) is 0 Å². The average Bonchev–Trinajstić information content (AvgIpc) is 3.12. The smallest absolute Gasteiger partial charge is 0.236 e. The third-order valence-electron chi connectivity index (χ3n) is 5.04. The molecular weight excluding hydrogens is 374 g/mol. The molecule has 28 heavy (non-hydrogen) atoms. The number of hydrogen-bond donors (Lipinski definition) is 1. The van der Waals surface area contributed by atoms with Gasteiger partial charge in [-0.25, -0.2) is 4.98 Å². The molecule has 4 rings (SSSR count). The van der Waals surface area contributed by atoms with E-state index in [9.17, 15) is 4.79 Å². The number of aromatic amines is 1. The molecule has 1 N–H and O–H groups in total. The fourth-order valence-electron chi connectivity index (χ4n) is 3.56. The van der Waals surface area contributed by atoms with Crippen LogP contribution in [0.5, 0.6) is 0 Å². The summed E-state index contributed by atoms with van der Waals surface area (Å²) in [6, 6.07) is 14.0. The second-order valence-corrected chi connectivity index (χ2v) is 7.78. The standard InChI is InChI=1S/C21H24ClN5O/c1-25(2)14-20(28)27-11-9-26(10-12-27)15-7-8-17(22)16(13-15)21-23-18-5-3-4-6-19(18)24-21/h3-8,13H,9-12,14H2,1-2H3,(H,23,24). The van der Waals surface area contributed by atoms with Crippen LogP contribution in [0.15, 0.2) is 42.5 Å². The Morgan fingerprint density at radius 2 is 1.89 bits per heavy atom. The maximum absolute atomic E-state index is 12.3. The largest absolute Gasteiger partial charge is 0.368 e. The first-order valence-electron chi connectivity index (χ1n) is 9.43. The number of nitrogens with one attached hydrogen (secondary N) is 1. The van der Waals surface area contributed by atoms with E-state index in [-0.39, 0.29) is 5.91 Å². The molecular formula is C21H24ClN5O. The summed E-state index contributed by atoms with van der Waals surface area (Å²) in [5.41, 5.74) is 3.90. The highest BCUT2D eigenvalue weighted by Crippen LogP contribution is 2.32. The first-order valence-corrected chi connectivity index (χ1v) is 9.81. The van der Waals surface area contributed by atoms with E-state index in [4.69, 9.17) is 11.6 Å². The SMILES string of the molecule is CN(C)CC(=O)N1CCN(c2ccc(Cl)c(-c3nc4ccccc4[nH]3)c2)CC1. The van der Waals surface area contributed by atoms with Gasteiger partial charge in [-0.3, -0.25) is 4.79 Å². The van der Waals surface area contributed by atoms with Crippen LogP contribution in [0.3, 0.4) is 0 Å². The number of hydrogen-bond acceptors (Lipinski definition) is 4. The number of piperazine rings is 1. The Bertz CT molecular complexity index is 958. The number of likely N-dealkylation sites (N-methyl/N-ethyl adjacent to an activating group) is 1. The molecule has 0 spiro atoms. The van der Waals surface area contributed by atoms with Gasteiger partial charge in [0, 0.05) is 37.4 Å². The van der Waals surface area contributed by atoms with Crippen molar-refractivity contribution in [2.45, 2.75) is 0 Å². The molecule has 0 radical (unpaired) electrons. The van der Waals surface area contributed by atoms with Crippen LogP contribution in [0.4, 0.5) is 5.69 Å². The zero-order chi connectivity index (χ0) is 19.7. The summed E-state index contributed by atoms with van der Waals surface area (Å²) in [4.78, 5) is 26.4. The molecule has 0 aliphatic carbocycles. The molecule has 0 saturated carbocycles. The molecule has 7 heteroatoms. The number of carbonyl (C=O) groups is 1. The summed E-state index contributed by atoms with van der Waals surface area (Å²) in [6.45, 7) is 3.53. The normalized spacial score (nSPS) is 14.9. The summed E-state index contributed by atoms with van der Waals surface area (Å²) in [5.74, 6) is 0.955. The first-order chi connectivity index (χ1) is 13.5. The molecule has 1 amide bonds. The van der Waals surface area contributed by atoms with E-state index in [1.807, 2.05) is 60.3 Å². The van der Waals surface area contributed by atoms with Crippen LogP contribution in [0, 0.1) is 0 Å². The van der Waals surface area contributed by atoms with Crippen molar-refractivity contribution < 1.29 is 4.79 Å². The fraction of sp³-hybridized carbons (Fsp3) is 0.333. The Morgan fingerprint density at radius 1 is 1.14 bits per heavy atom. The lowest BCUT2D eigenvalue weighted by Crippen LogP contribution is -2.50. The molecule has 1 saturated heterocycles. The Labute approximate surface area is 169 Å². The molecule has 1 aliphatic heterocycles. The molecule has 6 nitrogen and oxygen atoms in total. The molecule has 146 valence electrons. The van der Waals surface area contributed by atoms with Crippen molar-refractivity contribution in [1.82, 2.24) is 19.8 Å². The van der Waals surface area contributed by atoms with E-state index in [1.54, 1.807) is 0 Å². The van der Waals surface area contributed by atoms with Crippen molar-refractivity contribution in [3.8, 4) is 11.4 Å². The third kappa shape index (κ3) is 3.84. The number of para-hydroxylation sites is 2. The van der Waals surface area contributed by atoms with Crippen LogP contribution in [0.25, 0.3) is 22.4 Å². The zero-order valence-corrected chi connectivity index (χ0v) is 16.9. The van der Waals surface area contributed by atoms with E-state index in [0.29, 0.717) is 11.6 Å². The van der Waals surface area contributed by atoms with Gasteiger partial charge in [0.2, 0.25) is 5.91 Å². The Kier molecular flexibility index (Phi) is 5.24. The van der Waals surface area contributed by atoms with Crippen LogP contribution in [0.2, 0.25) is 5.02 Å². The molecule has 1 fully saturated rings. The predicted octanol–water partition coefficient (Wildman–Crippen LogP) is 3.09. The second kappa shape index (κ2) is 7.81. The van der Waals surface area contributed by atoms with Gasteiger partial charge in [0.1, 0.15) is 5.82 Å². The Hall–Kier alpha value is -2.57. The second-order valence-electron chi connectivity index (χ2n) is 7.37. The maximum atomic E-state index is 12.3. The monoisotopic (exact) mass is 397 g/mol. The maximum Gasteiger partial charge on any atom is 0.236 e. The minimum atomic E-state index is 0.184. The lowest BCUT2D eigenvalue weighted by Gasteiger charge is -2.36. The van der Waals surface area contributed by atoms with Crippen molar-refractivity contribution >= 4 is 34.2 Å². The number of amides is 1. The van der Waals surface area contributed by atoms with Gasteiger partial charge in [-0.2, -0.15) is 0 Å². The fourth-order valence-corrected chi connectivity index (χ4v) is 3.76. The van der Waals surface area contributed by atoms with Crippen LogP contribution < -0.4 is 4.90 Å². The molecule has 2 heterocycles. The lowest BCUT2D eigenvalue weighted by atomic mass is 10.1. The molecule has 0 unspecified atom stereocenters. The van der Waals surface area contributed by atoms with Crippen molar-refractivity contribution in [2.24, 2.45) is 0 Å². The number of rotatable bonds is 4. The van der Waals surface area contributed by atoms with Crippen LogP contribution in [0.1, 0.15) is 0 Å². The number of carbonyl (C=O) groups excluding carboxylic acids is 1. The number of imidazole rings is 1. The van der Waals surface area contributed by atoms with Crippen molar-refractivity contribution in [1.29, 1.82) is 0 Å². The van der Waals surface area contributed by atoms with Gasteiger partial charge in [0.15, 0.2) is 0 Å². The van der Waals surface area contributed by atoms with E-state index in [0.717, 1.165) is 54.3 Å². The predicted molar refractivity (Wildman–Crippen MR) is 114 cm³/mol. The number of H-pyrrole nitrogens is 1. The number of aromatic nitrogens is 2. The summed E-state index contributed by atoms with van der Waals surface area (Å²) in [5, 5.41) is 0.669. The molecule has 2 aromatic carbocycles. The van der Waals surface area contributed by atoms with Gasteiger partial charge >= 0.3 is 0 Å². The van der Waals surface area contributed by atoms with E-state index < -0.39 is 0 Å².